The molecule has 0 saturated heterocycles. The van der Waals surface area contributed by atoms with Crippen LogP contribution in [0.5, 0.6) is 11.5 Å². The topological polar surface area (TPSA) is 161 Å². The zero-order valence-electron chi connectivity index (χ0n) is 31.4. The highest BCUT2D eigenvalue weighted by molar-refractivity contribution is 6.42. The van der Waals surface area contributed by atoms with Gasteiger partial charge in [0.05, 0.1) is 27.4 Å². The molecular formula is C44H37Cl2N5O7. The third-order valence-corrected chi connectivity index (χ3v) is 10.8. The van der Waals surface area contributed by atoms with Crippen molar-refractivity contribution in [2.75, 3.05) is 19.4 Å². The normalized spacial score (nSPS) is 16.1. The van der Waals surface area contributed by atoms with Crippen molar-refractivity contribution in [2.24, 2.45) is 0 Å². The number of amides is 4. The monoisotopic (exact) mass is 817 g/mol. The summed E-state index contributed by atoms with van der Waals surface area (Å²) in [6.45, 7) is 0.307. The van der Waals surface area contributed by atoms with E-state index in [1.54, 1.807) is 86.9 Å². The molecule has 14 heteroatoms. The number of fused-ring (bicyclic) bond motifs is 2. The van der Waals surface area contributed by atoms with Gasteiger partial charge in [0.2, 0.25) is 12.0 Å². The van der Waals surface area contributed by atoms with Crippen LogP contribution < -0.4 is 20.1 Å². The number of urea groups is 1. The summed E-state index contributed by atoms with van der Waals surface area (Å²) in [5.74, 6) is -1.25. The number of carbonyl (C=O) groups is 4. The van der Waals surface area contributed by atoms with Gasteiger partial charge >= 0.3 is 12.0 Å². The predicted molar refractivity (Wildman–Crippen MR) is 218 cm³/mol. The Morgan fingerprint density at radius 1 is 0.931 bits per heavy atom. The third-order valence-electron chi connectivity index (χ3n) is 10.0. The van der Waals surface area contributed by atoms with Crippen LogP contribution in [0.2, 0.25) is 10.0 Å². The highest BCUT2D eigenvalue weighted by atomic mass is 35.5. The van der Waals surface area contributed by atoms with Gasteiger partial charge in [-0.15, -0.1) is 0 Å². The number of rotatable bonds is 10. The summed E-state index contributed by atoms with van der Waals surface area (Å²) in [6.07, 6.45) is -0.883. The van der Waals surface area contributed by atoms with E-state index in [0.29, 0.717) is 49.5 Å². The van der Waals surface area contributed by atoms with Gasteiger partial charge in [0, 0.05) is 39.0 Å². The Labute approximate surface area is 344 Å². The van der Waals surface area contributed by atoms with Crippen molar-refractivity contribution in [3.8, 4) is 28.7 Å². The molecule has 2 heterocycles. The van der Waals surface area contributed by atoms with Crippen LogP contribution in [0.1, 0.15) is 39.5 Å². The number of hydrogen-bond acceptors (Lipinski definition) is 7. The predicted octanol–water partition coefficient (Wildman–Crippen LogP) is 7.40. The lowest BCUT2D eigenvalue weighted by Crippen LogP contribution is -2.57. The maximum atomic E-state index is 13.9. The molecule has 58 heavy (non-hydrogen) atoms. The van der Waals surface area contributed by atoms with Crippen LogP contribution >= 0.6 is 23.2 Å². The quantitative estimate of drug-likeness (QED) is 0.131. The van der Waals surface area contributed by atoms with Crippen LogP contribution in [0.4, 0.5) is 10.5 Å². The standard InChI is InChI=1S/C44H37Cl2N5O7/c1-50(2)44(56)51-23-32-21-39-36(48-42(53)40(58-39)30-12-14-33(15-13-30)57-24-27-7-16-34(45)35(46)17-27)19-31(32)20-38(51)41(52)49-37(43(54)55)18-25-3-8-28(9-4-25)29-10-5-26(22-47)6-11-29/h3-17,19,21,37-38,40H,18,20,23-24H2,1-2H3,(H,48,53)(H,49,52)(H,54,55). The lowest BCUT2D eigenvalue weighted by Gasteiger charge is -2.38. The van der Waals surface area contributed by atoms with Crippen LogP contribution in [-0.4, -0.2) is 64.9 Å². The summed E-state index contributed by atoms with van der Waals surface area (Å²) in [6, 6.07) is 29.5. The van der Waals surface area contributed by atoms with E-state index in [0.717, 1.165) is 22.3 Å². The van der Waals surface area contributed by atoms with Crippen molar-refractivity contribution in [3.05, 3.63) is 147 Å². The SMILES string of the molecule is CN(C)C(=O)N1Cc2cc3c(cc2CC1C(=O)NC(Cc1ccc(-c2ccc(C#N)cc2)cc1)C(=O)O)NC(=O)C(c1ccc(OCc2ccc(Cl)c(Cl)c2)cc1)O3. The van der Waals surface area contributed by atoms with Crippen molar-refractivity contribution in [1.82, 2.24) is 15.1 Å². The molecule has 5 aromatic carbocycles. The molecule has 4 amide bonds. The fourth-order valence-electron chi connectivity index (χ4n) is 6.91. The number of hydrogen-bond donors (Lipinski definition) is 3. The lowest BCUT2D eigenvalue weighted by atomic mass is 9.91. The van der Waals surface area contributed by atoms with E-state index < -0.39 is 36.1 Å². The molecule has 12 nitrogen and oxygen atoms in total. The molecule has 0 bridgehead atoms. The number of carboxylic acids is 1. The minimum atomic E-state index is -1.28. The van der Waals surface area contributed by atoms with Crippen LogP contribution in [0.25, 0.3) is 11.1 Å². The van der Waals surface area contributed by atoms with Gasteiger partial charge in [0.15, 0.2) is 0 Å². The third kappa shape index (κ3) is 8.71. The summed E-state index contributed by atoms with van der Waals surface area (Å²) in [5.41, 5.74) is 6.30. The minimum absolute atomic E-state index is 0.00613. The Morgan fingerprint density at radius 2 is 1.60 bits per heavy atom. The van der Waals surface area contributed by atoms with E-state index in [4.69, 9.17) is 37.9 Å². The van der Waals surface area contributed by atoms with Gasteiger partial charge in [0.25, 0.3) is 5.91 Å². The molecule has 0 spiro atoms. The zero-order chi connectivity index (χ0) is 41.1. The highest BCUT2D eigenvalue weighted by Crippen LogP contribution is 2.40. The maximum Gasteiger partial charge on any atom is 0.326 e. The summed E-state index contributed by atoms with van der Waals surface area (Å²) in [7, 11) is 3.16. The number of benzene rings is 5. The number of carbonyl (C=O) groups excluding carboxylic acids is 3. The molecule has 2 aliphatic rings. The largest absolute Gasteiger partial charge is 0.489 e. The molecule has 0 fully saturated rings. The zero-order valence-corrected chi connectivity index (χ0v) is 32.9. The summed E-state index contributed by atoms with van der Waals surface area (Å²) in [4.78, 5) is 56.0. The van der Waals surface area contributed by atoms with Crippen LogP contribution in [0.3, 0.4) is 0 Å². The number of anilines is 1. The Kier molecular flexibility index (Phi) is 11.6. The van der Waals surface area contributed by atoms with Crippen molar-refractivity contribution in [3.63, 3.8) is 0 Å². The number of nitriles is 1. The van der Waals surface area contributed by atoms with Crippen molar-refractivity contribution in [2.45, 2.75) is 44.2 Å². The average Bonchev–Trinajstić information content (AvgIpc) is 3.22. The molecule has 3 N–H and O–H groups in total. The van der Waals surface area contributed by atoms with Gasteiger partial charge in [-0.2, -0.15) is 5.26 Å². The van der Waals surface area contributed by atoms with E-state index in [9.17, 15) is 24.3 Å². The van der Waals surface area contributed by atoms with E-state index in [1.807, 2.05) is 30.3 Å². The molecule has 0 aromatic heterocycles. The van der Waals surface area contributed by atoms with E-state index in [2.05, 4.69) is 16.7 Å². The first kappa shape index (κ1) is 39.7. The molecule has 0 radical (unpaired) electrons. The van der Waals surface area contributed by atoms with Gasteiger partial charge < -0.3 is 35.0 Å². The minimum Gasteiger partial charge on any atom is -0.489 e. The molecular weight excluding hydrogens is 781 g/mol. The molecule has 3 unspecified atom stereocenters. The van der Waals surface area contributed by atoms with Crippen LogP contribution in [0, 0.1) is 11.3 Å². The molecule has 5 aromatic rings. The first-order valence-electron chi connectivity index (χ1n) is 18.3. The first-order chi connectivity index (χ1) is 27.9. The summed E-state index contributed by atoms with van der Waals surface area (Å²) < 4.78 is 12.1. The molecule has 0 saturated carbocycles. The van der Waals surface area contributed by atoms with Gasteiger partial charge in [-0.1, -0.05) is 77.8 Å². The molecule has 7 rings (SSSR count). The number of ether oxygens (including phenoxy) is 2. The van der Waals surface area contributed by atoms with E-state index >= 15 is 0 Å². The Hall–Kier alpha value is -6.55. The number of nitrogens with one attached hydrogen (secondary N) is 2. The number of nitrogens with zero attached hydrogens (tertiary/aromatic N) is 3. The van der Waals surface area contributed by atoms with Gasteiger partial charge in [-0.25, -0.2) is 9.59 Å². The lowest BCUT2D eigenvalue weighted by molar-refractivity contribution is -0.142. The second-order valence-electron chi connectivity index (χ2n) is 14.2. The van der Waals surface area contributed by atoms with Crippen molar-refractivity contribution in [1.29, 1.82) is 5.26 Å². The molecule has 2 aliphatic heterocycles. The number of aliphatic carboxylic acids is 1. The maximum absolute atomic E-state index is 13.9. The van der Waals surface area contributed by atoms with Crippen molar-refractivity contribution < 1.29 is 33.8 Å². The second kappa shape index (κ2) is 16.9. The molecule has 3 atom stereocenters. The fourth-order valence-corrected chi connectivity index (χ4v) is 7.23. The van der Waals surface area contributed by atoms with Crippen LogP contribution in [0.15, 0.2) is 103 Å². The van der Waals surface area contributed by atoms with Gasteiger partial charge in [0.1, 0.15) is 30.2 Å². The van der Waals surface area contributed by atoms with Gasteiger partial charge in [-0.3, -0.25) is 9.59 Å². The Morgan fingerprint density at radius 3 is 2.24 bits per heavy atom. The molecule has 294 valence electrons. The molecule has 0 aliphatic carbocycles. The Balaban J connectivity index is 1.04. The summed E-state index contributed by atoms with van der Waals surface area (Å²) >= 11 is 12.1. The van der Waals surface area contributed by atoms with Gasteiger partial charge in [-0.05, 0) is 81.9 Å². The van der Waals surface area contributed by atoms with Crippen molar-refractivity contribution >= 4 is 52.7 Å². The first-order valence-corrected chi connectivity index (χ1v) is 19.0. The average molecular weight is 819 g/mol. The summed E-state index contributed by atoms with van der Waals surface area (Å²) in [5, 5.41) is 25.7. The van der Waals surface area contributed by atoms with E-state index in [-0.39, 0.29) is 31.9 Å². The second-order valence-corrected chi connectivity index (χ2v) is 15.0. The van der Waals surface area contributed by atoms with Crippen LogP contribution in [-0.2, 0) is 40.4 Å². The highest BCUT2D eigenvalue weighted by Gasteiger charge is 2.39. The number of carboxylic acid groups (broad SMARTS) is 1. The smallest absolute Gasteiger partial charge is 0.326 e. The number of halogens is 2. The fraction of sp³-hybridized carbons (Fsp3) is 0.205. The Bertz CT molecular complexity index is 2430. The van der Waals surface area contributed by atoms with E-state index in [1.165, 1.54) is 9.80 Å².